The van der Waals surface area contributed by atoms with Gasteiger partial charge in [0.2, 0.25) is 5.82 Å². The molecule has 0 saturated carbocycles. The summed E-state index contributed by atoms with van der Waals surface area (Å²) in [6.07, 6.45) is 0. The Bertz CT molecular complexity index is 930. The van der Waals surface area contributed by atoms with E-state index in [2.05, 4.69) is 63.5 Å². The molecule has 1 saturated heterocycles. The normalized spacial score (nSPS) is 18.3. The van der Waals surface area contributed by atoms with Gasteiger partial charge < -0.3 is 9.84 Å². The molecule has 1 unspecified atom stereocenters. The summed E-state index contributed by atoms with van der Waals surface area (Å²) in [6, 6.07) is 8.34. The number of nitrogens with one attached hydrogen (secondary N) is 1. The molecule has 3 aromatic rings. The van der Waals surface area contributed by atoms with E-state index in [1.807, 2.05) is 23.7 Å². The largest absolute Gasteiger partial charge is 0.330 e. The standard InChI is InChI=1S/C19H25N7O/c1-12(2)14-7-5-6-8-15(14)26-13(3)21-18(23-26)19-22-17(24-27-19)16-11-20-9-10-25(16)4/h5-8,12,16,20H,9-11H2,1-4H3. The average Bonchev–Trinajstić information content (AvgIpc) is 3.29. The molecular formula is C19H25N7O. The van der Waals surface area contributed by atoms with E-state index in [9.17, 15) is 0 Å². The Morgan fingerprint density at radius 3 is 2.81 bits per heavy atom. The molecule has 1 fully saturated rings. The van der Waals surface area contributed by atoms with E-state index in [1.165, 1.54) is 5.56 Å². The molecule has 8 nitrogen and oxygen atoms in total. The van der Waals surface area contributed by atoms with Crippen LogP contribution in [-0.2, 0) is 0 Å². The van der Waals surface area contributed by atoms with Crippen molar-refractivity contribution >= 4 is 0 Å². The predicted octanol–water partition coefficient (Wildman–Crippen LogP) is 2.33. The predicted molar refractivity (Wildman–Crippen MR) is 102 cm³/mol. The molecule has 0 aliphatic carbocycles. The van der Waals surface area contributed by atoms with Gasteiger partial charge in [-0.25, -0.2) is 9.67 Å². The van der Waals surface area contributed by atoms with E-state index in [0.29, 0.717) is 23.5 Å². The maximum absolute atomic E-state index is 5.48. The van der Waals surface area contributed by atoms with Crippen molar-refractivity contribution in [2.75, 3.05) is 26.7 Å². The summed E-state index contributed by atoms with van der Waals surface area (Å²) in [5.74, 6) is 2.65. The number of para-hydroxylation sites is 1. The van der Waals surface area contributed by atoms with Gasteiger partial charge in [0.05, 0.1) is 11.7 Å². The average molecular weight is 367 g/mol. The van der Waals surface area contributed by atoms with Crippen LogP contribution in [0.4, 0.5) is 0 Å². The van der Waals surface area contributed by atoms with Gasteiger partial charge in [0.15, 0.2) is 5.82 Å². The first kappa shape index (κ1) is 17.8. The molecule has 0 amide bonds. The first-order valence-corrected chi connectivity index (χ1v) is 9.32. The van der Waals surface area contributed by atoms with Gasteiger partial charge in [0.1, 0.15) is 5.82 Å². The van der Waals surface area contributed by atoms with Crippen LogP contribution in [0.15, 0.2) is 28.8 Å². The summed E-state index contributed by atoms with van der Waals surface area (Å²) in [7, 11) is 2.07. The van der Waals surface area contributed by atoms with Gasteiger partial charge in [-0.2, -0.15) is 4.98 Å². The molecule has 3 heterocycles. The van der Waals surface area contributed by atoms with Crippen LogP contribution in [0.25, 0.3) is 17.4 Å². The molecular weight excluding hydrogens is 342 g/mol. The maximum Gasteiger partial charge on any atom is 0.297 e. The monoisotopic (exact) mass is 367 g/mol. The van der Waals surface area contributed by atoms with Crippen molar-refractivity contribution in [3.8, 4) is 17.4 Å². The number of benzene rings is 1. The smallest absolute Gasteiger partial charge is 0.297 e. The molecule has 1 atom stereocenters. The number of rotatable bonds is 4. The van der Waals surface area contributed by atoms with E-state index in [1.54, 1.807) is 0 Å². The zero-order valence-electron chi connectivity index (χ0n) is 16.2. The fourth-order valence-corrected chi connectivity index (χ4v) is 3.43. The van der Waals surface area contributed by atoms with Gasteiger partial charge in [0, 0.05) is 19.6 Å². The molecule has 1 aromatic carbocycles. The minimum absolute atomic E-state index is 0.0982. The van der Waals surface area contributed by atoms with Crippen molar-refractivity contribution in [1.82, 2.24) is 35.1 Å². The van der Waals surface area contributed by atoms with Crippen LogP contribution >= 0.6 is 0 Å². The first-order valence-electron chi connectivity index (χ1n) is 9.32. The topological polar surface area (TPSA) is 84.9 Å². The molecule has 2 aromatic heterocycles. The van der Waals surface area contributed by atoms with Gasteiger partial charge in [-0.15, -0.1) is 5.10 Å². The Balaban J connectivity index is 1.67. The SMILES string of the molecule is Cc1nc(-c2nc(C3CNCCN3C)no2)nn1-c1ccccc1C(C)C. The highest BCUT2D eigenvalue weighted by atomic mass is 16.5. The van der Waals surface area contributed by atoms with E-state index in [4.69, 9.17) is 4.52 Å². The van der Waals surface area contributed by atoms with Crippen LogP contribution in [0, 0.1) is 6.92 Å². The van der Waals surface area contributed by atoms with Crippen molar-refractivity contribution < 1.29 is 4.52 Å². The highest BCUT2D eigenvalue weighted by Gasteiger charge is 2.26. The van der Waals surface area contributed by atoms with E-state index in [-0.39, 0.29) is 6.04 Å². The summed E-state index contributed by atoms with van der Waals surface area (Å²) in [5.41, 5.74) is 2.25. The maximum atomic E-state index is 5.48. The third kappa shape index (κ3) is 3.38. The number of aromatic nitrogens is 5. The van der Waals surface area contributed by atoms with Gasteiger partial charge >= 0.3 is 0 Å². The van der Waals surface area contributed by atoms with Crippen LogP contribution in [-0.4, -0.2) is 56.5 Å². The van der Waals surface area contributed by atoms with Crippen molar-refractivity contribution in [3.63, 3.8) is 0 Å². The molecule has 0 bridgehead atoms. The second-order valence-corrected chi connectivity index (χ2v) is 7.27. The zero-order valence-corrected chi connectivity index (χ0v) is 16.2. The molecule has 4 rings (SSSR count). The third-order valence-electron chi connectivity index (χ3n) is 5.00. The van der Waals surface area contributed by atoms with Crippen molar-refractivity contribution in [2.45, 2.75) is 32.7 Å². The van der Waals surface area contributed by atoms with E-state index in [0.717, 1.165) is 31.1 Å². The summed E-state index contributed by atoms with van der Waals surface area (Å²) < 4.78 is 7.33. The first-order chi connectivity index (χ1) is 13.0. The Morgan fingerprint density at radius 1 is 1.22 bits per heavy atom. The molecule has 1 N–H and O–H groups in total. The highest BCUT2D eigenvalue weighted by Crippen LogP contribution is 2.25. The van der Waals surface area contributed by atoms with E-state index >= 15 is 0 Å². The van der Waals surface area contributed by atoms with Crippen molar-refractivity contribution in [1.29, 1.82) is 0 Å². The lowest BCUT2D eigenvalue weighted by molar-refractivity contribution is 0.190. The fourth-order valence-electron chi connectivity index (χ4n) is 3.43. The second-order valence-electron chi connectivity index (χ2n) is 7.27. The van der Waals surface area contributed by atoms with Gasteiger partial charge in [-0.3, -0.25) is 4.90 Å². The molecule has 1 aliphatic rings. The van der Waals surface area contributed by atoms with Crippen LogP contribution in [0.1, 0.15) is 43.0 Å². The second kappa shape index (κ2) is 7.21. The quantitative estimate of drug-likeness (QED) is 0.757. The number of aryl methyl sites for hydroxylation is 1. The van der Waals surface area contributed by atoms with Gasteiger partial charge in [0.25, 0.3) is 5.89 Å². The lowest BCUT2D eigenvalue weighted by Gasteiger charge is -2.30. The Labute approximate surface area is 158 Å². The van der Waals surface area contributed by atoms with Crippen LogP contribution in [0.2, 0.25) is 0 Å². The minimum atomic E-state index is 0.0982. The molecule has 8 heteroatoms. The molecule has 0 radical (unpaired) electrons. The summed E-state index contributed by atoms with van der Waals surface area (Å²) >= 11 is 0. The zero-order chi connectivity index (χ0) is 19.0. The van der Waals surface area contributed by atoms with Crippen LogP contribution in [0.5, 0.6) is 0 Å². The van der Waals surface area contributed by atoms with Gasteiger partial charge in [-0.1, -0.05) is 37.2 Å². The Kier molecular flexibility index (Phi) is 4.75. The third-order valence-corrected chi connectivity index (χ3v) is 5.00. The fraction of sp³-hybridized carbons (Fsp3) is 0.474. The lowest BCUT2D eigenvalue weighted by atomic mass is 10.0. The lowest BCUT2D eigenvalue weighted by Crippen LogP contribution is -2.44. The Morgan fingerprint density at radius 2 is 2.04 bits per heavy atom. The molecule has 142 valence electrons. The number of hydrogen-bond acceptors (Lipinski definition) is 7. The number of nitrogens with zero attached hydrogens (tertiary/aromatic N) is 6. The minimum Gasteiger partial charge on any atom is -0.330 e. The number of piperazine rings is 1. The molecule has 27 heavy (non-hydrogen) atoms. The van der Waals surface area contributed by atoms with Gasteiger partial charge in [-0.05, 0) is 31.5 Å². The van der Waals surface area contributed by atoms with Crippen molar-refractivity contribution in [2.24, 2.45) is 0 Å². The summed E-state index contributed by atoms with van der Waals surface area (Å²) in [4.78, 5) is 11.3. The Hall–Kier alpha value is -2.58. The molecule has 1 aliphatic heterocycles. The van der Waals surface area contributed by atoms with Crippen molar-refractivity contribution in [3.05, 3.63) is 41.5 Å². The number of likely N-dealkylation sites (N-methyl/N-ethyl adjacent to an activating group) is 1. The highest BCUT2D eigenvalue weighted by molar-refractivity contribution is 5.46. The molecule has 0 spiro atoms. The number of hydrogen-bond donors (Lipinski definition) is 1. The summed E-state index contributed by atoms with van der Waals surface area (Å²) in [5, 5.41) is 12.2. The van der Waals surface area contributed by atoms with Crippen LogP contribution < -0.4 is 5.32 Å². The van der Waals surface area contributed by atoms with Crippen LogP contribution in [0.3, 0.4) is 0 Å². The summed E-state index contributed by atoms with van der Waals surface area (Å²) in [6.45, 7) is 9.00. The van der Waals surface area contributed by atoms with E-state index < -0.39 is 0 Å².